The van der Waals surface area contributed by atoms with Gasteiger partial charge in [0, 0.05) is 29.9 Å². The lowest BCUT2D eigenvalue weighted by molar-refractivity contribution is 0.138. The number of hydrogen-bond donors (Lipinski definition) is 0. The number of oxazole rings is 1. The van der Waals surface area contributed by atoms with Crippen LogP contribution in [0, 0.1) is 13.8 Å². The lowest BCUT2D eigenvalue weighted by Gasteiger charge is -2.35. The third-order valence-corrected chi connectivity index (χ3v) is 5.87. The molecule has 1 aliphatic heterocycles. The first-order valence-corrected chi connectivity index (χ1v) is 9.69. The summed E-state index contributed by atoms with van der Waals surface area (Å²) in [6.45, 7) is 6.06. The van der Waals surface area contributed by atoms with E-state index in [4.69, 9.17) is 9.40 Å². The summed E-state index contributed by atoms with van der Waals surface area (Å²) in [6, 6.07) is 8.84. The quantitative estimate of drug-likeness (QED) is 0.651. The van der Waals surface area contributed by atoms with Gasteiger partial charge in [-0.3, -0.25) is 9.88 Å². The van der Waals surface area contributed by atoms with Crippen LogP contribution in [-0.4, -0.2) is 21.4 Å². The highest BCUT2D eigenvalue weighted by molar-refractivity contribution is 7.15. The van der Waals surface area contributed by atoms with Crippen LogP contribution in [0.1, 0.15) is 47.2 Å². The van der Waals surface area contributed by atoms with E-state index in [0.717, 1.165) is 35.3 Å². The van der Waals surface area contributed by atoms with Crippen molar-refractivity contribution in [2.45, 2.75) is 45.7 Å². The minimum absolute atomic E-state index is 0.422. The molecule has 3 aromatic rings. The van der Waals surface area contributed by atoms with Crippen LogP contribution in [0.2, 0.25) is 0 Å². The number of thiophene rings is 1. The average molecular weight is 353 g/mol. The van der Waals surface area contributed by atoms with Gasteiger partial charge in [-0.05, 0) is 57.0 Å². The van der Waals surface area contributed by atoms with Gasteiger partial charge in [-0.2, -0.15) is 0 Å². The zero-order chi connectivity index (χ0) is 17.2. The van der Waals surface area contributed by atoms with Crippen molar-refractivity contribution in [1.29, 1.82) is 0 Å². The van der Waals surface area contributed by atoms with Gasteiger partial charge in [-0.25, -0.2) is 4.98 Å². The standard InChI is InChI=1S/C20H23N3OS/c1-14-8-9-19(25-14)20-22-17(15(2)24-20)13-23-11-4-3-7-18(23)16-6-5-10-21-12-16/h5-6,8-10,12,18H,3-4,7,11,13H2,1-2H3/t18-/m1/s1. The van der Waals surface area contributed by atoms with Gasteiger partial charge < -0.3 is 4.42 Å². The van der Waals surface area contributed by atoms with E-state index in [1.54, 1.807) is 11.3 Å². The fraction of sp³-hybridized carbons (Fsp3) is 0.400. The van der Waals surface area contributed by atoms with Crippen LogP contribution in [-0.2, 0) is 6.54 Å². The van der Waals surface area contributed by atoms with E-state index in [9.17, 15) is 0 Å². The van der Waals surface area contributed by atoms with E-state index in [2.05, 4.69) is 35.0 Å². The van der Waals surface area contributed by atoms with Gasteiger partial charge in [-0.1, -0.05) is 12.5 Å². The number of aryl methyl sites for hydroxylation is 2. The molecule has 1 fully saturated rings. The number of hydrogen-bond acceptors (Lipinski definition) is 5. The van der Waals surface area contributed by atoms with Gasteiger partial charge in [0.15, 0.2) is 0 Å². The molecule has 130 valence electrons. The third-order valence-electron chi connectivity index (χ3n) is 4.88. The molecule has 4 nitrogen and oxygen atoms in total. The Balaban J connectivity index is 1.57. The second-order valence-electron chi connectivity index (χ2n) is 6.70. The molecule has 5 heteroatoms. The molecule has 0 spiro atoms. The maximum absolute atomic E-state index is 5.96. The molecular weight excluding hydrogens is 330 g/mol. The van der Waals surface area contributed by atoms with Crippen LogP contribution in [0.4, 0.5) is 0 Å². The summed E-state index contributed by atoms with van der Waals surface area (Å²) in [5.41, 5.74) is 2.36. The largest absolute Gasteiger partial charge is 0.440 e. The van der Waals surface area contributed by atoms with Crippen LogP contribution >= 0.6 is 11.3 Å². The third kappa shape index (κ3) is 3.53. The summed E-state index contributed by atoms with van der Waals surface area (Å²) in [7, 11) is 0. The molecule has 0 saturated carbocycles. The van der Waals surface area contributed by atoms with E-state index < -0.39 is 0 Å². The summed E-state index contributed by atoms with van der Waals surface area (Å²) in [4.78, 5) is 14.0. The van der Waals surface area contributed by atoms with Crippen LogP contribution in [0.15, 0.2) is 41.1 Å². The second kappa shape index (κ2) is 7.10. The van der Waals surface area contributed by atoms with Crippen LogP contribution in [0.25, 0.3) is 10.8 Å². The highest BCUT2D eigenvalue weighted by Gasteiger charge is 2.26. The summed E-state index contributed by atoms with van der Waals surface area (Å²) in [5, 5.41) is 0. The molecule has 1 saturated heterocycles. The lowest BCUT2D eigenvalue weighted by atomic mass is 9.96. The van der Waals surface area contributed by atoms with Gasteiger partial charge in [0.1, 0.15) is 5.76 Å². The van der Waals surface area contributed by atoms with E-state index in [0.29, 0.717) is 6.04 Å². The number of aromatic nitrogens is 2. The molecule has 0 amide bonds. The molecule has 0 radical (unpaired) electrons. The molecule has 4 rings (SSSR count). The lowest BCUT2D eigenvalue weighted by Crippen LogP contribution is -2.33. The Bertz CT molecular complexity index is 840. The zero-order valence-electron chi connectivity index (χ0n) is 14.7. The van der Waals surface area contributed by atoms with Crippen molar-refractivity contribution in [2.24, 2.45) is 0 Å². The summed E-state index contributed by atoms with van der Waals surface area (Å²) in [5.74, 6) is 1.68. The molecular formula is C20H23N3OS. The van der Waals surface area contributed by atoms with E-state index in [-0.39, 0.29) is 0 Å². The van der Waals surface area contributed by atoms with Crippen LogP contribution < -0.4 is 0 Å². The van der Waals surface area contributed by atoms with Crippen molar-refractivity contribution in [3.8, 4) is 10.8 Å². The molecule has 1 aliphatic rings. The zero-order valence-corrected chi connectivity index (χ0v) is 15.6. The van der Waals surface area contributed by atoms with Crippen LogP contribution in [0.5, 0.6) is 0 Å². The first-order valence-electron chi connectivity index (χ1n) is 8.88. The molecule has 0 N–H and O–H groups in total. The second-order valence-corrected chi connectivity index (χ2v) is 7.99. The SMILES string of the molecule is Cc1ccc(-c2nc(CN3CCCC[C@@H]3c3cccnc3)c(C)o2)s1. The average Bonchev–Trinajstić information content (AvgIpc) is 3.22. The number of likely N-dealkylation sites (tertiary alicyclic amines) is 1. The number of rotatable bonds is 4. The first-order chi connectivity index (χ1) is 12.2. The molecule has 0 aromatic carbocycles. The molecule has 3 aromatic heterocycles. The highest BCUT2D eigenvalue weighted by atomic mass is 32.1. The predicted molar refractivity (Wildman–Crippen MR) is 101 cm³/mol. The van der Waals surface area contributed by atoms with Gasteiger partial charge >= 0.3 is 0 Å². The minimum Gasteiger partial charge on any atom is -0.440 e. The maximum Gasteiger partial charge on any atom is 0.236 e. The fourth-order valence-electron chi connectivity index (χ4n) is 3.55. The highest BCUT2D eigenvalue weighted by Crippen LogP contribution is 2.33. The predicted octanol–water partition coefficient (Wildman–Crippen LogP) is 5.14. The Labute approximate surface area is 152 Å². The smallest absolute Gasteiger partial charge is 0.236 e. The van der Waals surface area contributed by atoms with E-state index in [1.165, 1.54) is 29.7 Å². The van der Waals surface area contributed by atoms with E-state index >= 15 is 0 Å². The van der Waals surface area contributed by atoms with Gasteiger partial charge in [0.25, 0.3) is 0 Å². The molecule has 0 aliphatic carbocycles. The number of piperidine rings is 1. The summed E-state index contributed by atoms with van der Waals surface area (Å²) >= 11 is 1.73. The molecule has 4 heterocycles. The van der Waals surface area contributed by atoms with Crippen molar-refractivity contribution >= 4 is 11.3 Å². The number of pyridine rings is 1. The van der Waals surface area contributed by atoms with Gasteiger partial charge in [0.05, 0.1) is 10.6 Å². The summed E-state index contributed by atoms with van der Waals surface area (Å²) in [6.07, 6.45) is 7.53. The monoisotopic (exact) mass is 353 g/mol. The van der Waals surface area contributed by atoms with Crippen molar-refractivity contribution < 1.29 is 4.42 Å². The molecule has 25 heavy (non-hydrogen) atoms. The topological polar surface area (TPSA) is 42.2 Å². The Morgan fingerprint density at radius 2 is 2.16 bits per heavy atom. The van der Waals surface area contributed by atoms with Crippen molar-refractivity contribution in [2.75, 3.05) is 6.54 Å². The number of nitrogens with zero attached hydrogens (tertiary/aromatic N) is 3. The molecule has 1 atom stereocenters. The van der Waals surface area contributed by atoms with Crippen molar-refractivity contribution in [3.63, 3.8) is 0 Å². The maximum atomic E-state index is 5.96. The Kier molecular flexibility index (Phi) is 4.68. The molecule has 0 unspecified atom stereocenters. The van der Waals surface area contributed by atoms with Gasteiger partial charge in [-0.15, -0.1) is 11.3 Å². The van der Waals surface area contributed by atoms with Gasteiger partial charge in [0.2, 0.25) is 5.89 Å². The van der Waals surface area contributed by atoms with Crippen molar-refractivity contribution in [1.82, 2.24) is 14.9 Å². The minimum atomic E-state index is 0.422. The summed E-state index contributed by atoms with van der Waals surface area (Å²) < 4.78 is 5.96. The Hall–Kier alpha value is -1.98. The molecule has 0 bridgehead atoms. The fourth-order valence-corrected chi connectivity index (χ4v) is 4.35. The Morgan fingerprint density at radius 1 is 1.24 bits per heavy atom. The van der Waals surface area contributed by atoms with Crippen molar-refractivity contribution in [3.05, 3.63) is 58.6 Å². The van der Waals surface area contributed by atoms with E-state index in [1.807, 2.05) is 25.4 Å². The first kappa shape index (κ1) is 16.5. The van der Waals surface area contributed by atoms with Crippen LogP contribution in [0.3, 0.4) is 0 Å². The Morgan fingerprint density at radius 3 is 2.92 bits per heavy atom. The normalized spacial score (nSPS) is 18.6.